The first-order valence-electron chi connectivity index (χ1n) is 10.6. The van der Waals surface area contributed by atoms with Crippen molar-refractivity contribution in [2.45, 2.75) is 26.9 Å². The van der Waals surface area contributed by atoms with Crippen LogP contribution in [0, 0.1) is 12.8 Å². The highest BCUT2D eigenvalue weighted by molar-refractivity contribution is 9.10. The Hall–Kier alpha value is -3.13. The van der Waals surface area contributed by atoms with Gasteiger partial charge in [0.15, 0.2) is 11.2 Å². The first-order chi connectivity index (χ1) is 15.3. The van der Waals surface area contributed by atoms with Gasteiger partial charge in [-0.15, -0.1) is 0 Å². The van der Waals surface area contributed by atoms with Crippen LogP contribution in [0.15, 0.2) is 62.6 Å². The molecule has 0 bridgehead atoms. The van der Waals surface area contributed by atoms with Crippen LogP contribution >= 0.6 is 15.9 Å². The van der Waals surface area contributed by atoms with E-state index in [9.17, 15) is 9.59 Å². The fourth-order valence-corrected chi connectivity index (χ4v) is 4.74. The van der Waals surface area contributed by atoms with E-state index in [4.69, 9.17) is 4.98 Å². The molecule has 0 unspecified atom stereocenters. The summed E-state index contributed by atoms with van der Waals surface area (Å²) >= 11 is 3.49. The van der Waals surface area contributed by atoms with Gasteiger partial charge >= 0.3 is 5.69 Å². The Kier molecular flexibility index (Phi) is 5.04. The standard InChI is InChI=1S/C24H24BrN5O2/c1-15-5-4-6-17(11-15)14-30-22(31)20-21(27(3)24(30)32)26-23-28(12-16(2)13-29(20)23)19-9-7-18(25)8-10-19/h4-11,16H,12-14H2,1-3H3/t16-/m0/s1. The van der Waals surface area contributed by atoms with E-state index >= 15 is 0 Å². The fourth-order valence-electron chi connectivity index (χ4n) is 4.48. The van der Waals surface area contributed by atoms with Gasteiger partial charge in [0.25, 0.3) is 5.56 Å². The van der Waals surface area contributed by atoms with Crippen LogP contribution in [0.1, 0.15) is 18.1 Å². The molecular weight excluding hydrogens is 470 g/mol. The van der Waals surface area contributed by atoms with Crippen molar-refractivity contribution in [1.29, 1.82) is 0 Å². The number of hydrogen-bond acceptors (Lipinski definition) is 4. The Morgan fingerprint density at radius 1 is 1.09 bits per heavy atom. The Balaban J connectivity index is 1.72. The van der Waals surface area contributed by atoms with Crippen molar-refractivity contribution in [1.82, 2.24) is 18.7 Å². The smallest absolute Gasteiger partial charge is 0.312 e. The van der Waals surface area contributed by atoms with E-state index in [1.807, 2.05) is 60.0 Å². The van der Waals surface area contributed by atoms with Crippen molar-refractivity contribution in [3.8, 4) is 0 Å². The zero-order valence-electron chi connectivity index (χ0n) is 18.2. The zero-order valence-corrected chi connectivity index (χ0v) is 19.8. The van der Waals surface area contributed by atoms with Gasteiger partial charge < -0.3 is 9.47 Å². The van der Waals surface area contributed by atoms with E-state index in [2.05, 4.69) is 27.8 Å². The Morgan fingerprint density at radius 3 is 2.56 bits per heavy atom. The van der Waals surface area contributed by atoms with Gasteiger partial charge in [-0.1, -0.05) is 52.7 Å². The van der Waals surface area contributed by atoms with Gasteiger partial charge in [-0.05, 0) is 42.7 Å². The lowest BCUT2D eigenvalue weighted by atomic mass is 10.1. The molecule has 4 aromatic rings. The van der Waals surface area contributed by atoms with Crippen LogP contribution in [0.25, 0.3) is 11.2 Å². The normalized spacial score (nSPS) is 15.9. The maximum Gasteiger partial charge on any atom is 0.332 e. The number of hydrogen-bond donors (Lipinski definition) is 0. The summed E-state index contributed by atoms with van der Waals surface area (Å²) in [4.78, 5) is 33.6. The van der Waals surface area contributed by atoms with Gasteiger partial charge in [-0.2, -0.15) is 4.98 Å². The summed E-state index contributed by atoms with van der Waals surface area (Å²) in [5.74, 6) is 1.01. The van der Waals surface area contributed by atoms with E-state index in [0.29, 0.717) is 29.6 Å². The number of anilines is 2. The molecule has 0 amide bonds. The van der Waals surface area contributed by atoms with Crippen LogP contribution in [-0.2, 0) is 20.1 Å². The van der Waals surface area contributed by atoms with E-state index in [-0.39, 0.29) is 17.8 Å². The SMILES string of the molecule is Cc1cccc(Cn2c(=O)c3c(nc4n3C[C@@H](C)CN4c3ccc(Br)cc3)n(C)c2=O)c1. The maximum atomic E-state index is 13.6. The molecule has 5 rings (SSSR count). The number of benzene rings is 2. The molecule has 8 heteroatoms. The van der Waals surface area contributed by atoms with Gasteiger partial charge in [-0.25, -0.2) is 4.79 Å². The molecule has 0 N–H and O–H groups in total. The van der Waals surface area contributed by atoms with Crippen molar-refractivity contribution >= 4 is 38.7 Å². The van der Waals surface area contributed by atoms with Crippen molar-refractivity contribution < 1.29 is 0 Å². The lowest BCUT2D eigenvalue weighted by Gasteiger charge is -2.33. The number of imidazole rings is 1. The van der Waals surface area contributed by atoms with Gasteiger partial charge in [0, 0.05) is 30.3 Å². The Bertz CT molecular complexity index is 1450. The Labute approximate surface area is 193 Å². The summed E-state index contributed by atoms with van der Waals surface area (Å²) in [6.07, 6.45) is 0. The lowest BCUT2D eigenvalue weighted by Crippen LogP contribution is -2.40. The van der Waals surface area contributed by atoms with Crippen LogP contribution in [0.2, 0.25) is 0 Å². The quantitative estimate of drug-likeness (QED) is 0.435. The summed E-state index contributed by atoms with van der Waals surface area (Å²) in [7, 11) is 1.68. The second-order valence-electron chi connectivity index (χ2n) is 8.61. The predicted octanol–water partition coefficient (Wildman–Crippen LogP) is 3.80. The minimum Gasteiger partial charge on any atom is -0.312 e. The van der Waals surface area contributed by atoms with Gasteiger partial charge in [0.2, 0.25) is 5.95 Å². The van der Waals surface area contributed by atoms with E-state index < -0.39 is 0 Å². The number of halogens is 1. The average Bonchev–Trinajstić information content (AvgIpc) is 3.15. The number of aryl methyl sites for hydroxylation is 2. The molecule has 0 spiro atoms. The number of aromatic nitrogens is 4. The number of fused-ring (bicyclic) bond motifs is 3. The molecule has 2 aromatic carbocycles. The van der Waals surface area contributed by atoms with Crippen LogP contribution < -0.4 is 16.1 Å². The molecule has 0 saturated carbocycles. The molecule has 0 fully saturated rings. The van der Waals surface area contributed by atoms with Crippen LogP contribution in [0.5, 0.6) is 0 Å². The second kappa shape index (κ2) is 7.78. The summed E-state index contributed by atoms with van der Waals surface area (Å²) in [6, 6.07) is 15.9. The van der Waals surface area contributed by atoms with Crippen LogP contribution in [0.4, 0.5) is 11.6 Å². The minimum atomic E-state index is -0.359. The first kappa shape index (κ1) is 20.8. The largest absolute Gasteiger partial charge is 0.332 e. The average molecular weight is 494 g/mol. The summed E-state index contributed by atoms with van der Waals surface area (Å²) < 4.78 is 5.78. The minimum absolute atomic E-state index is 0.232. The van der Waals surface area contributed by atoms with E-state index in [1.165, 1.54) is 9.13 Å². The summed E-state index contributed by atoms with van der Waals surface area (Å²) in [5, 5.41) is 0. The third kappa shape index (κ3) is 3.39. The highest BCUT2D eigenvalue weighted by Crippen LogP contribution is 2.33. The monoisotopic (exact) mass is 493 g/mol. The van der Waals surface area contributed by atoms with Crippen LogP contribution in [0.3, 0.4) is 0 Å². The maximum absolute atomic E-state index is 13.6. The third-order valence-corrected chi connectivity index (χ3v) is 6.53. The molecular formula is C24H24BrN5O2. The Morgan fingerprint density at radius 2 is 1.84 bits per heavy atom. The molecule has 0 radical (unpaired) electrons. The molecule has 1 aliphatic rings. The van der Waals surface area contributed by atoms with Gasteiger partial charge in [0.05, 0.1) is 6.54 Å². The van der Waals surface area contributed by atoms with E-state index in [1.54, 1.807) is 7.05 Å². The lowest BCUT2D eigenvalue weighted by molar-refractivity contribution is 0.458. The molecule has 0 saturated heterocycles. The molecule has 3 heterocycles. The highest BCUT2D eigenvalue weighted by atomic mass is 79.9. The van der Waals surface area contributed by atoms with E-state index in [0.717, 1.165) is 27.8 Å². The summed E-state index contributed by atoms with van der Waals surface area (Å²) in [6.45, 7) is 5.86. The topological polar surface area (TPSA) is 65.1 Å². The van der Waals surface area contributed by atoms with Crippen LogP contribution in [-0.4, -0.2) is 25.2 Å². The predicted molar refractivity (Wildman–Crippen MR) is 130 cm³/mol. The molecule has 1 atom stereocenters. The molecule has 164 valence electrons. The zero-order chi connectivity index (χ0) is 22.6. The van der Waals surface area contributed by atoms with Crippen molar-refractivity contribution in [3.63, 3.8) is 0 Å². The first-order valence-corrected chi connectivity index (χ1v) is 11.4. The number of rotatable bonds is 3. The molecule has 32 heavy (non-hydrogen) atoms. The third-order valence-electron chi connectivity index (χ3n) is 6.00. The van der Waals surface area contributed by atoms with Gasteiger partial charge in [-0.3, -0.25) is 13.9 Å². The number of nitrogens with zero attached hydrogens (tertiary/aromatic N) is 5. The molecule has 1 aliphatic heterocycles. The van der Waals surface area contributed by atoms with Crippen molar-refractivity contribution in [2.24, 2.45) is 13.0 Å². The molecule has 2 aromatic heterocycles. The highest BCUT2D eigenvalue weighted by Gasteiger charge is 2.29. The van der Waals surface area contributed by atoms with Crippen molar-refractivity contribution in [2.75, 3.05) is 11.4 Å². The van der Waals surface area contributed by atoms with Crippen molar-refractivity contribution in [3.05, 3.63) is 85.0 Å². The molecule has 7 nitrogen and oxygen atoms in total. The fraction of sp³-hybridized carbons (Fsp3) is 0.292. The summed E-state index contributed by atoms with van der Waals surface area (Å²) in [5.41, 5.74) is 3.26. The second-order valence-corrected chi connectivity index (χ2v) is 9.52. The van der Waals surface area contributed by atoms with Gasteiger partial charge in [0.1, 0.15) is 0 Å². The molecule has 0 aliphatic carbocycles.